The highest BCUT2D eigenvalue weighted by Crippen LogP contribution is 2.27. The second-order valence-corrected chi connectivity index (χ2v) is 9.25. The van der Waals surface area contributed by atoms with Crippen molar-refractivity contribution in [3.8, 4) is 5.75 Å². The Morgan fingerprint density at radius 1 is 1.11 bits per heavy atom. The van der Waals surface area contributed by atoms with Crippen molar-refractivity contribution in [1.29, 1.82) is 0 Å². The zero-order valence-corrected chi connectivity index (χ0v) is 21.8. The van der Waals surface area contributed by atoms with Crippen molar-refractivity contribution in [2.24, 2.45) is 5.92 Å². The molecule has 0 aromatic heterocycles. The molecule has 0 radical (unpaired) electrons. The number of benzene rings is 2. The van der Waals surface area contributed by atoms with Crippen LogP contribution < -0.4 is 10.1 Å². The van der Waals surface area contributed by atoms with Gasteiger partial charge in [0.15, 0.2) is 0 Å². The van der Waals surface area contributed by atoms with Gasteiger partial charge in [0.1, 0.15) is 24.8 Å². The average molecular weight is 516 g/mol. The molecule has 2 aromatic carbocycles. The lowest BCUT2D eigenvalue weighted by Crippen LogP contribution is -2.49. The van der Waals surface area contributed by atoms with Crippen molar-refractivity contribution in [1.82, 2.24) is 9.80 Å². The summed E-state index contributed by atoms with van der Waals surface area (Å²) in [5.74, 6) is -1.11. The Labute approximate surface area is 216 Å². The van der Waals surface area contributed by atoms with E-state index in [-0.39, 0.29) is 54.4 Å². The predicted octanol–water partition coefficient (Wildman–Crippen LogP) is 3.06. The zero-order chi connectivity index (χ0) is 27.1. The van der Waals surface area contributed by atoms with Gasteiger partial charge < -0.3 is 29.3 Å². The molecule has 3 amide bonds. The molecule has 1 aliphatic rings. The minimum absolute atomic E-state index is 0.0635. The van der Waals surface area contributed by atoms with Crippen LogP contribution in [0.25, 0.3) is 0 Å². The van der Waals surface area contributed by atoms with E-state index in [1.165, 1.54) is 31.4 Å². The molecule has 0 spiro atoms. The van der Waals surface area contributed by atoms with Crippen LogP contribution in [0.3, 0.4) is 0 Å². The van der Waals surface area contributed by atoms with Crippen LogP contribution in [0.1, 0.15) is 34.6 Å². The summed E-state index contributed by atoms with van der Waals surface area (Å²) in [6, 6.07) is 9.61. The number of anilines is 1. The van der Waals surface area contributed by atoms with Crippen LogP contribution in [0.5, 0.6) is 5.75 Å². The summed E-state index contributed by atoms with van der Waals surface area (Å²) >= 11 is 0. The van der Waals surface area contributed by atoms with Crippen LogP contribution in [0, 0.1) is 11.7 Å². The van der Waals surface area contributed by atoms with Crippen LogP contribution in [-0.4, -0.2) is 87.2 Å². The summed E-state index contributed by atoms with van der Waals surface area (Å²) in [5.41, 5.74) is 0.998. The first-order valence-corrected chi connectivity index (χ1v) is 12.0. The molecule has 0 unspecified atom stereocenters. The van der Waals surface area contributed by atoms with Crippen molar-refractivity contribution in [2.45, 2.75) is 26.0 Å². The number of rotatable bonds is 5. The van der Waals surface area contributed by atoms with Crippen molar-refractivity contribution >= 4 is 23.4 Å². The molecule has 0 bridgehead atoms. The number of methoxy groups -OCH3 is 2. The summed E-state index contributed by atoms with van der Waals surface area (Å²) < 4.78 is 30.0. The number of carbonyl (C=O) groups is 3. The number of ether oxygens (including phenoxy) is 3. The highest BCUT2D eigenvalue weighted by atomic mass is 19.1. The SMILES string of the molecule is COCC(=O)N1C[C@@H](C)[C@@H](OC)CN(C)C(=O)c2ccc(NC(=O)c3ccc(F)cc3)cc2OC[C@@H]1C. The first-order valence-electron chi connectivity index (χ1n) is 12.0. The van der Waals surface area contributed by atoms with Gasteiger partial charge in [0.25, 0.3) is 11.8 Å². The van der Waals surface area contributed by atoms with Gasteiger partial charge in [0.05, 0.1) is 17.7 Å². The van der Waals surface area contributed by atoms with Gasteiger partial charge in [-0.05, 0) is 43.3 Å². The van der Waals surface area contributed by atoms with Gasteiger partial charge in [0, 0.05) is 57.6 Å². The van der Waals surface area contributed by atoms with E-state index in [4.69, 9.17) is 14.2 Å². The zero-order valence-electron chi connectivity index (χ0n) is 21.8. The fourth-order valence-electron chi connectivity index (χ4n) is 4.21. The molecule has 0 saturated heterocycles. The van der Waals surface area contributed by atoms with Gasteiger partial charge in [0.2, 0.25) is 5.91 Å². The minimum Gasteiger partial charge on any atom is -0.491 e. The van der Waals surface area contributed by atoms with E-state index in [0.29, 0.717) is 24.3 Å². The molecule has 9 nitrogen and oxygen atoms in total. The molecule has 3 atom stereocenters. The average Bonchev–Trinajstić information content (AvgIpc) is 2.88. The highest BCUT2D eigenvalue weighted by molar-refractivity contribution is 6.05. The number of nitrogens with zero attached hydrogens (tertiary/aromatic N) is 2. The molecule has 0 aliphatic carbocycles. The normalized spacial score (nSPS) is 20.8. The fourth-order valence-corrected chi connectivity index (χ4v) is 4.21. The molecule has 1 N–H and O–H groups in total. The number of hydrogen-bond donors (Lipinski definition) is 1. The van der Waals surface area contributed by atoms with E-state index in [9.17, 15) is 18.8 Å². The number of fused-ring (bicyclic) bond motifs is 1. The summed E-state index contributed by atoms with van der Waals surface area (Å²) in [6.07, 6.45) is -0.308. The van der Waals surface area contributed by atoms with E-state index < -0.39 is 11.7 Å². The lowest BCUT2D eigenvalue weighted by Gasteiger charge is -2.36. The smallest absolute Gasteiger partial charge is 0.257 e. The molecule has 1 aliphatic heterocycles. The van der Waals surface area contributed by atoms with Gasteiger partial charge in [-0.15, -0.1) is 0 Å². The van der Waals surface area contributed by atoms with Gasteiger partial charge in [-0.3, -0.25) is 14.4 Å². The van der Waals surface area contributed by atoms with E-state index in [2.05, 4.69) is 5.32 Å². The summed E-state index contributed by atoms with van der Waals surface area (Å²) in [7, 11) is 4.73. The van der Waals surface area contributed by atoms with Crippen molar-refractivity contribution in [3.63, 3.8) is 0 Å². The van der Waals surface area contributed by atoms with Crippen molar-refractivity contribution in [2.75, 3.05) is 52.9 Å². The highest BCUT2D eigenvalue weighted by Gasteiger charge is 2.30. The number of amides is 3. The van der Waals surface area contributed by atoms with Gasteiger partial charge >= 0.3 is 0 Å². The van der Waals surface area contributed by atoms with Crippen LogP contribution >= 0.6 is 0 Å². The maximum atomic E-state index is 13.3. The molecule has 37 heavy (non-hydrogen) atoms. The lowest BCUT2D eigenvalue weighted by atomic mass is 10.0. The third-order valence-electron chi connectivity index (χ3n) is 6.40. The van der Waals surface area contributed by atoms with Gasteiger partial charge in [-0.2, -0.15) is 0 Å². The Kier molecular flexibility index (Phi) is 9.60. The van der Waals surface area contributed by atoms with E-state index in [1.54, 1.807) is 42.2 Å². The first-order chi connectivity index (χ1) is 17.6. The van der Waals surface area contributed by atoms with Crippen LogP contribution in [0.2, 0.25) is 0 Å². The monoisotopic (exact) mass is 515 g/mol. The van der Waals surface area contributed by atoms with Crippen LogP contribution in [0.4, 0.5) is 10.1 Å². The quantitative estimate of drug-likeness (QED) is 0.658. The van der Waals surface area contributed by atoms with Gasteiger partial charge in [-0.1, -0.05) is 6.92 Å². The Balaban J connectivity index is 1.93. The number of hydrogen-bond acceptors (Lipinski definition) is 6. The molecular formula is C27H34FN3O6. The topological polar surface area (TPSA) is 97.4 Å². The largest absolute Gasteiger partial charge is 0.491 e. The van der Waals surface area contributed by atoms with Crippen molar-refractivity contribution < 1.29 is 33.0 Å². The molecule has 0 saturated carbocycles. The van der Waals surface area contributed by atoms with Crippen LogP contribution in [0.15, 0.2) is 42.5 Å². The maximum Gasteiger partial charge on any atom is 0.257 e. The fraction of sp³-hybridized carbons (Fsp3) is 0.444. The van der Waals surface area contributed by atoms with E-state index >= 15 is 0 Å². The molecule has 10 heteroatoms. The van der Waals surface area contributed by atoms with Crippen molar-refractivity contribution in [3.05, 3.63) is 59.4 Å². The van der Waals surface area contributed by atoms with Crippen LogP contribution in [-0.2, 0) is 14.3 Å². The molecular weight excluding hydrogens is 481 g/mol. The van der Waals surface area contributed by atoms with Gasteiger partial charge in [-0.25, -0.2) is 4.39 Å². The first kappa shape index (κ1) is 28.1. The number of carbonyl (C=O) groups excluding carboxylic acids is 3. The summed E-state index contributed by atoms with van der Waals surface area (Å²) in [4.78, 5) is 42.0. The molecule has 3 rings (SSSR count). The minimum atomic E-state index is -0.440. The summed E-state index contributed by atoms with van der Waals surface area (Å²) in [6.45, 7) is 4.58. The standard InChI is InChI=1S/C27H34FN3O6/c1-17-13-31(25(32)16-35-4)18(2)15-37-23-12-21(29-26(33)19-6-8-20(28)9-7-19)10-11-22(23)27(34)30(3)14-24(17)36-5/h6-12,17-18,24H,13-16H2,1-5H3,(H,29,33)/t17-,18+,24+/m1/s1. The molecule has 2 aromatic rings. The Morgan fingerprint density at radius 3 is 2.46 bits per heavy atom. The number of halogens is 1. The second-order valence-electron chi connectivity index (χ2n) is 9.25. The molecule has 200 valence electrons. The maximum absolute atomic E-state index is 13.3. The Bertz CT molecular complexity index is 1110. The second kappa shape index (κ2) is 12.6. The third kappa shape index (κ3) is 7.05. The number of likely N-dealkylation sites (N-methyl/N-ethyl adjacent to an activating group) is 1. The molecule has 0 fully saturated rings. The Hall–Kier alpha value is -3.50. The van der Waals surface area contributed by atoms with E-state index in [0.717, 1.165) is 0 Å². The lowest BCUT2D eigenvalue weighted by molar-refractivity contribution is -0.139. The van der Waals surface area contributed by atoms with E-state index in [1.807, 2.05) is 13.8 Å². The Morgan fingerprint density at radius 2 is 1.81 bits per heavy atom. The predicted molar refractivity (Wildman–Crippen MR) is 136 cm³/mol. The summed E-state index contributed by atoms with van der Waals surface area (Å²) in [5, 5.41) is 2.75. The third-order valence-corrected chi connectivity index (χ3v) is 6.40. The molecule has 1 heterocycles. The number of nitrogens with one attached hydrogen (secondary N) is 1.